The Labute approximate surface area is 83.5 Å². The number of nitrogens with one attached hydrogen (secondary N) is 1. The standard InChI is InChI=1S/C4H2N2O2.C4H4N2O/c7-3-1-2-4(8)6-5-3;7-4-2-1-3-5-6-4/h1-2H;1-3H,(H,6,7). The Morgan fingerprint density at radius 3 is 1.87 bits per heavy atom. The number of carbonyl (C=O) groups is 2. The van der Waals surface area contributed by atoms with Gasteiger partial charge in [-0.1, -0.05) is 0 Å². The van der Waals surface area contributed by atoms with Gasteiger partial charge in [-0.05, 0) is 6.07 Å². The predicted octanol–water partition coefficient (Wildman–Crippen LogP) is -0.169. The molecule has 76 valence electrons. The van der Waals surface area contributed by atoms with Crippen LogP contribution in [0.1, 0.15) is 0 Å². The number of carbonyl (C=O) groups excluding carboxylic acids is 2. The first-order valence-corrected chi connectivity index (χ1v) is 3.86. The quantitative estimate of drug-likeness (QED) is 0.636. The number of azo groups is 1. The molecule has 0 aliphatic carbocycles. The van der Waals surface area contributed by atoms with Crippen LogP contribution in [0.25, 0.3) is 0 Å². The summed E-state index contributed by atoms with van der Waals surface area (Å²) in [6.07, 6.45) is 3.67. The van der Waals surface area contributed by atoms with Gasteiger partial charge in [0.2, 0.25) is 0 Å². The summed E-state index contributed by atoms with van der Waals surface area (Å²) in [5, 5.41) is 11.6. The summed E-state index contributed by atoms with van der Waals surface area (Å²) in [4.78, 5) is 30.4. The van der Waals surface area contributed by atoms with Crippen LogP contribution in [0.15, 0.2) is 45.5 Å². The highest BCUT2D eigenvalue weighted by Crippen LogP contribution is 1.91. The van der Waals surface area contributed by atoms with Crippen LogP contribution in [-0.2, 0) is 9.59 Å². The molecule has 0 unspecified atom stereocenters. The van der Waals surface area contributed by atoms with Crippen LogP contribution >= 0.6 is 0 Å². The van der Waals surface area contributed by atoms with Gasteiger partial charge in [0.25, 0.3) is 17.4 Å². The van der Waals surface area contributed by atoms with Crippen LogP contribution in [0.4, 0.5) is 0 Å². The fraction of sp³-hybridized carbons (Fsp3) is 0. The first-order chi connectivity index (χ1) is 7.18. The van der Waals surface area contributed by atoms with Gasteiger partial charge in [0.15, 0.2) is 0 Å². The predicted molar refractivity (Wildman–Crippen MR) is 48.9 cm³/mol. The lowest BCUT2D eigenvalue weighted by molar-refractivity contribution is -0.119. The van der Waals surface area contributed by atoms with E-state index in [1.165, 1.54) is 12.3 Å². The number of aromatic amines is 1. The molecule has 0 saturated carbocycles. The molecule has 1 aliphatic rings. The highest BCUT2D eigenvalue weighted by atomic mass is 16.2. The molecule has 2 amide bonds. The molecule has 15 heavy (non-hydrogen) atoms. The molecular formula is C8H6N4O3. The summed E-state index contributed by atoms with van der Waals surface area (Å²) in [5.74, 6) is -0.964. The van der Waals surface area contributed by atoms with Gasteiger partial charge in [-0.2, -0.15) is 5.10 Å². The minimum atomic E-state index is -0.482. The van der Waals surface area contributed by atoms with Gasteiger partial charge in [-0.25, -0.2) is 5.10 Å². The van der Waals surface area contributed by atoms with Gasteiger partial charge in [0.05, 0.1) is 0 Å². The van der Waals surface area contributed by atoms with E-state index in [1.807, 2.05) is 0 Å². The Hall–Kier alpha value is -2.44. The average molecular weight is 206 g/mol. The van der Waals surface area contributed by atoms with Crippen molar-refractivity contribution in [1.82, 2.24) is 10.2 Å². The molecule has 2 heterocycles. The SMILES string of the molecule is O=C1C=CC(=O)N=N1.O=c1cccn[nH]1. The molecule has 7 nitrogen and oxygen atoms in total. The van der Waals surface area contributed by atoms with Crippen LogP contribution in [0, 0.1) is 0 Å². The Morgan fingerprint density at radius 2 is 1.60 bits per heavy atom. The summed E-state index contributed by atoms with van der Waals surface area (Å²) >= 11 is 0. The zero-order valence-corrected chi connectivity index (χ0v) is 7.45. The van der Waals surface area contributed by atoms with Crippen molar-refractivity contribution in [2.45, 2.75) is 0 Å². The third-order valence-corrected chi connectivity index (χ3v) is 1.20. The molecule has 1 aromatic rings. The van der Waals surface area contributed by atoms with Gasteiger partial charge >= 0.3 is 0 Å². The van der Waals surface area contributed by atoms with Crippen LogP contribution in [-0.4, -0.2) is 22.0 Å². The van der Waals surface area contributed by atoms with E-state index in [-0.39, 0.29) is 5.56 Å². The maximum absolute atomic E-state index is 10.2. The largest absolute Gasteiger partial charge is 0.288 e. The molecule has 2 rings (SSSR count). The van der Waals surface area contributed by atoms with Crippen LogP contribution in [0.5, 0.6) is 0 Å². The Morgan fingerprint density at radius 1 is 1.00 bits per heavy atom. The molecule has 0 radical (unpaired) electrons. The summed E-state index contributed by atoms with van der Waals surface area (Å²) < 4.78 is 0. The minimum absolute atomic E-state index is 0.164. The fourth-order valence-corrected chi connectivity index (χ4v) is 0.619. The van der Waals surface area contributed by atoms with Gasteiger partial charge in [-0.3, -0.25) is 14.4 Å². The molecule has 0 spiro atoms. The highest BCUT2D eigenvalue weighted by molar-refractivity contribution is 6.00. The number of H-pyrrole nitrogens is 1. The molecule has 7 heteroatoms. The summed E-state index contributed by atoms with van der Waals surface area (Å²) in [7, 11) is 0. The van der Waals surface area contributed by atoms with Crippen molar-refractivity contribution in [3.63, 3.8) is 0 Å². The number of hydrogen-bond donors (Lipinski definition) is 1. The first kappa shape index (κ1) is 10.6. The van der Waals surface area contributed by atoms with Crippen molar-refractivity contribution in [3.8, 4) is 0 Å². The second-order valence-electron chi connectivity index (χ2n) is 2.32. The van der Waals surface area contributed by atoms with Crippen LogP contribution in [0.2, 0.25) is 0 Å². The van der Waals surface area contributed by atoms with Gasteiger partial charge in [0, 0.05) is 24.4 Å². The number of nitrogens with zero attached hydrogens (tertiary/aromatic N) is 3. The van der Waals surface area contributed by atoms with Gasteiger partial charge in [0.1, 0.15) is 0 Å². The lowest BCUT2D eigenvalue weighted by Gasteiger charge is -1.85. The first-order valence-electron chi connectivity index (χ1n) is 3.86. The maximum atomic E-state index is 10.2. The topological polar surface area (TPSA) is 105 Å². The van der Waals surface area contributed by atoms with Crippen LogP contribution in [0.3, 0.4) is 0 Å². The Bertz CT molecular complexity index is 419. The maximum Gasteiger partial charge on any atom is 0.288 e. The van der Waals surface area contributed by atoms with Crippen molar-refractivity contribution in [2.75, 3.05) is 0 Å². The normalized spacial score (nSPS) is 13.3. The monoisotopic (exact) mass is 206 g/mol. The van der Waals surface area contributed by atoms with E-state index in [4.69, 9.17) is 0 Å². The molecular weight excluding hydrogens is 200 g/mol. The molecule has 0 fully saturated rings. The molecule has 1 aromatic heterocycles. The van der Waals surface area contributed by atoms with Crippen molar-refractivity contribution in [2.24, 2.45) is 10.2 Å². The third kappa shape index (κ3) is 4.36. The number of hydrogen-bond acceptors (Lipinski definition) is 4. The fourth-order valence-electron chi connectivity index (χ4n) is 0.619. The third-order valence-electron chi connectivity index (χ3n) is 1.20. The van der Waals surface area contributed by atoms with E-state index in [1.54, 1.807) is 6.07 Å². The zero-order chi connectivity index (χ0) is 11.1. The van der Waals surface area contributed by atoms with E-state index >= 15 is 0 Å². The highest BCUT2D eigenvalue weighted by Gasteiger charge is 2.01. The molecule has 1 aliphatic heterocycles. The van der Waals surface area contributed by atoms with E-state index in [2.05, 4.69) is 20.4 Å². The smallest absolute Gasteiger partial charge is 0.268 e. The minimum Gasteiger partial charge on any atom is -0.268 e. The average Bonchev–Trinajstić information content (AvgIpc) is 2.25. The van der Waals surface area contributed by atoms with Crippen molar-refractivity contribution in [1.29, 1.82) is 0 Å². The van der Waals surface area contributed by atoms with Crippen molar-refractivity contribution < 1.29 is 9.59 Å². The van der Waals surface area contributed by atoms with Crippen molar-refractivity contribution in [3.05, 3.63) is 40.8 Å². The molecule has 0 aromatic carbocycles. The van der Waals surface area contributed by atoms with Gasteiger partial charge < -0.3 is 0 Å². The Balaban J connectivity index is 0.000000151. The molecule has 0 bridgehead atoms. The second kappa shape index (κ2) is 5.32. The number of amides is 2. The van der Waals surface area contributed by atoms with Crippen LogP contribution < -0.4 is 5.56 Å². The second-order valence-corrected chi connectivity index (χ2v) is 2.32. The van der Waals surface area contributed by atoms with Gasteiger partial charge in [-0.15, -0.1) is 10.2 Å². The van der Waals surface area contributed by atoms with E-state index in [9.17, 15) is 14.4 Å². The lowest BCUT2D eigenvalue weighted by atomic mass is 10.4. The number of rotatable bonds is 0. The van der Waals surface area contributed by atoms with E-state index < -0.39 is 11.8 Å². The molecule has 0 atom stereocenters. The summed E-state index contributed by atoms with van der Waals surface area (Å²) in [6, 6.07) is 2.99. The molecule has 0 saturated heterocycles. The summed E-state index contributed by atoms with van der Waals surface area (Å²) in [6.45, 7) is 0. The Kier molecular flexibility index (Phi) is 3.78. The molecule has 1 N–H and O–H groups in total. The van der Waals surface area contributed by atoms with E-state index in [0.717, 1.165) is 12.2 Å². The zero-order valence-electron chi connectivity index (χ0n) is 7.45. The van der Waals surface area contributed by atoms with Crippen molar-refractivity contribution >= 4 is 11.8 Å². The van der Waals surface area contributed by atoms with E-state index in [0.29, 0.717) is 0 Å². The summed E-state index contributed by atoms with van der Waals surface area (Å²) in [5.41, 5.74) is -0.164. The lowest BCUT2D eigenvalue weighted by Crippen LogP contribution is -2.02. The number of aromatic nitrogens is 2.